The summed E-state index contributed by atoms with van der Waals surface area (Å²) >= 11 is 0. The van der Waals surface area contributed by atoms with Crippen molar-refractivity contribution in [1.29, 1.82) is 0 Å². The molecular weight excluding hydrogens is 797 g/mol. The van der Waals surface area contributed by atoms with Crippen LogP contribution in [0.3, 0.4) is 0 Å². The molecule has 0 amide bonds. The zero-order valence-electron chi connectivity index (χ0n) is 36.0. The number of hydrogen-bond acceptors (Lipinski definition) is 0. The maximum absolute atomic E-state index is 2.56. The Kier molecular flexibility index (Phi) is 6.79. The molecule has 18 rings (SSSR count). The highest BCUT2D eigenvalue weighted by Gasteiger charge is 2.44. The van der Waals surface area contributed by atoms with E-state index in [2.05, 4.69) is 228 Å². The van der Waals surface area contributed by atoms with Crippen molar-refractivity contribution in [3.05, 3.63) is 285 Å². The summed E-state index contributed by atoms with van der Waals surface area (Å²) in [4.78, 5) is 0. The standard InChI is InChI=1S/C64H40N2/c1-2-16-37(17-3-1)38-34-39(65-53-28-14-12-26-49(53)61-55(65)32-30-51-57-41-18-4-8-22-45(41)59(63(51)61)46-23-9-5-19-42(46)57)36-40(35-38)66-54-29-15-13-27-50(54)62-56(66)33-31-52-58-43-20-6-10-24-47(43)60(64(52)62)48-25-11-7-21-44(48)58/h1-36,57-60H. The molecule has 0 N–H and O–H groups in total. The van der Waals surface area contributed by atoms with Gasteiger partial charge in [0.25, 0.3) is 0 Å². The Morgan fingerprint density at radius 1 is 0.242 bits per heavy atom. The largest absolute Gasteiger partial charge is 0.309 e. The molecule has 2 heterocycles. The summed E-state index contributed by atoms with van der Waals surface area (Å²) < 4.78 is 5.12. The quantitative estimate of drug-likeness (QED) is 0.168. The second kappa shape index (κ2) is 12.7. The second-order valence-electron chi connectivity index (χ2n) is 19.0. The highest BCUT2D eigenvalue weighted by Crippen LogP contribution is 2.60. The van der Waals surface area contributed by atoms with Crippen LogP contribution in [0.4, 0.5) is 0 Å². The topological polar surface area (TPSA) is 9.86 Å². The lowest BCUT2D eigenvalue weighted by Crippen LogP contribution is -2.27. The summed E-state index contributed by atoms with van der Waals surface area (Å²) in [6, 6.07) is 83.0. The molecule has 0 fully saturated rings. The van der Waals surface area contributed by atoms with E-state index in [4.69, 9.17) is 0 Å². The minimum atomic E-state index is 0.171. The summed E-state index contributed by atoms with van der Waals surface area (Å²) in [5.74, 6) is 0.777. The van der Waals surface area contributed by atoms with Crippen LogP contribution >= 0.6 is 0 Å². The SMILES string of the molecule is c1ccc(-c2cc(-n3c4ccccc4c4c5c(ccc43)C3c4ccccc4C5c4ccccc43)cc(-n3c4ccccc4c4c5c(ccc43)C3c4ccccc4C5c4ccccc43)c2)cc1. The second-order valence-corrected chi connectivity index (χ2v) is 19.0. The number of aromatic nitrogens is 2. The van der Waals surface area contributed by atoms with Crippen molar-refractivity contribution in [2.45, 2.75) is 23.7 Å². The number of para-hydroxylation sites is 2. The van der Waals surface area contributed by atoms with Gasteiger partial charge in [-0.25, -0.2) is 0 Å². The van der Waals surface area contributed by atoms with Crippen LogP contribution in [0.2, 0.25) is 0 Å². The van der Waals surface area contributed by atoms with Crippen molar-refractivity contribution in [2.24, 2.45) is 0 Å². The van der Waals surface area contributed by atoms with Crippen molar-refractivity contribution in [2.75, 3.05) is 0 Å². The van der Waals surface area contributed by atoms with E-state index in [-0.39, 0.29) is 23.7 Å². The number of hydrogen-bond donors (Lipinski definition) is 0. The number of fused-ring (bicyclic) bond motifs is 6. The van der Waals surface area contributed by atoms with Crippen molar-refractivity contribution in [3.63, 3.8) is 0 Å². The Labute approximate surface area is 382 Å². The van der Waals surface area contributed by atoms with Crippen molar-refractivity contribution >= 4 is 43.6 Å². The fourth-order valence-electron chi connectivity index (χ4n) is 13.6. The summed E-state index contributed by atoms with van der Waals surface area (Å²) in [5.41, 5.74) is 27.1. The minimum absolute atomic E-state index is 0.171. The first-order valence-corrected chi connectivity index (χ1v) is 23.5. The number of benzene rings is 10. The predicted molar refractivity (Wildman–Crippen MR) is 270 cm³/mol. The fraction of sp³-hybridized carbons (Fsp3) is 0.0625. The molecule has 66 heavy (non-hydrogen) atoms. The van der Waals surface area contributed by atoms with E-state index in [1.165, 1.54) is 122 Å². The molecule has 306 valence electrons. The van der Waals surface area contributed by atoms with Crippen molar-refractivity contribution in [3.8, 4) is 22.5 Å². The molecule has 2 nitrogen and oxygen atoms in total. The zero-order valence-corrected chi connectivity index (χ0v) is 36.0. The number of rotatable bonds is 3. The molecule has 0 aliphatic heterocycles. The van der Waals surface area contributed by atoms with Crippen LogP contribution in [0.1, 0.15) is 90.4 Å². The molecule has 6 aliphatic rings. The molecule has 2 aromatic heterocycles. The first-order valence-electron chi connectivity index (χ1n) is 23.5. The van der Waals surface area contributed by atoms with Gasteiger partial charge in [0.15, 0.2) is 0 Å². The van der Waals surface area contributed by atoms with Crippen LogP contribution in [0.5, 0.6) is 0 Å². The maximum Gasteiger partial charge on any atom is 0.0544 e. The first-order chi connectivity index (χ1) is 32.8. The highest BCUT2D eigenvalue weighted by molar-refractivity contribution is 6.14. The lowest BCUT2D eigenvalue weighted by Gasteiger charge is -2.42. The van der Waals surface area contributed by atoms with Gasteiger partial charge in [-0.05, 0) is 120 Å². The molecule has 10 aromatic carbocycles. The maximum atomic E-state index is 2.56. The minimum Gasteiger partial charge on any atom is -0.309 e. The smallest absolute Gasteiger partial charge is 0.0544 e. The van der Waals surface area contributed by atoms with Gasteiger partial charge in [-0.1, -0.05) is 176 Å². The molecular formula is C64H40N2. The third-order valence-corrected chi connectivity index (χ3v) is 16.0. The fourth-order valence-corrected chi connectivity index (χ4v) is 13.6. The van der Waals surface area contributed by atoms with Gasteiger partial charge in [-0.2, -0.15) is 0 Å². The van der Waals surface area contributed by atoms with E-state index in [1.807, 2.05) is 0 Å². The molecule has 0 unspecified atom stereocenters. The van der Waals surface area contributed by atoms with Gasteiger partial charge < -0.3 is 9.13 Å². The normalized spacial score (nSPS) is 18.0. The summed E-state index contributed by atoms with van der Waals surface area (Å²) in [6.07, 6.45) is 0. The van der Waals surface area contributed by atoms with E-state index in [0.29, 0.717) is 0 Å². The Bertz CT molecular complexity index is 3750. The molecule has 0 spiro atoms. The zero-order chi connectivity index (χ0) is 42.8. The van der Waals surface area contributed by atoms with Crippen LogP contribution in [-0.4, -0.2) is 9.13 Å². The summed E-state index contributed by atoms with van der Waals surface area (Å²) in [6.45, 7) is 0. The lowest BCUT2D eigenvalue weighted by atomic mass is 9.60. The monoisotopic (exact) mass is 836 g/mol. The molecule has 0 radical (unpaired) electrons. The van der Waals surface area contributed by atoms with E-state index in [1.54, 1.807) is 0 Å². The molecule has 4 bridgehead atoms. The van der Waals surface area contributed by atoms with Gasteiger partial charge in [0.1, 0.15) is 0 Å². The van der Waals surface area contributed by atoms with Crippen molar-refractivity contribution < 1.29 is 0 Å². The van der Waals surface area contributed by atoms with Gasteiger partial charge in [0, 0.05) is 56.6 Å². The average molecular weight is 837 g/mol. The molecule has 2 heteroatoms. The molecule has 0 atom stereocenters. The average Bonchev–Trinajstić information content (AvgIpc) is 3.92. The Morgan fingerprint density at radius 2 is 0.591 bits per heavy atom. The molecule has 0 saturated heterocycles. The van der Waals surface area contributed by atoms with Crippen LogP contribution in [0, 0.1) is 0 Å². The molecule has 0 saturated carbocycles. The molecule has 6 aliphatic carbocycles. The van der Waals surface area contributed by atoms with E-state index in [0.717, 1.165) is 11.4 Å². The highest BCUT2D eigenvalue weighted by atomic mass is 15.0. The van der Waals surface area contributed by atoms with Gasteiger partial charge in [-0.15, -0.1) is 0 Å². The lowest BCUT2D eigenvalue weighted by molar-refractivity contribution is 0.761. The first kappa shape index (κ1) is 35.2. The number of nitrogens with zero attached hydrogens (tertiary/aromatic N) is 2. The summed E-state index contributed by atoms with van der Waals surface area (Å²) in [7, 11) is 0. The van der Waals surface area contributed by atoms with Gasteiger partial charge >= 0.3 is 0 Å². The van der Waals surface area contributed by atoms with Crippen LogP contribution in [-0.2, 0) is 0 Å². The van der Waals surface area contributed by atoms with Crippen LogP contribution in [0.25, 0.3) is 66.1 Å². The van der Waals surface area contributed by atoms with Gasteiger partial charge in [0.2, 0.25) is 0 Å². The third-order valence-electron chi connectivity index (χ3n) is 16.0. The summed E-state index contributed by atoms with van der Waals surface area (Å²) in [5, 5.41) is 5.34. The predicted octanol–water partition coefficient (Wildman–Crippen LogP) is 15.5. The van der Waals surface area contributed by atoms with Crippen LogP contribution < -0.4 is 0 Å². The van der Waals surface area contributed by atoms with E-state index in [9.17, 15) is 0 Å². The Hall–Kier alpha value is -8.20. The molecule has 12 aromatic rings. The van der Waals surface area contributed by atoms with Gasteiger partial charge in [0.05, 0.1) is 22.1 Å². The van der Waals surface area contributed by atoms with Crippen molar-refractivity contribution in [1.82, 2.24) is 9.13 Å². The van der Waals surface area contributed by atoms with E-state index < -0.39 is 0 Å². The van der Waals surface area contributed by atoms with Gasteiger partial charge in [-0.3, -0.25) is 0 Å². The van der Waals surface area contributed by atoms with E-state index >= 15 is 0 Å². The Morgan fingerprint density at radius 3 is 1.00 bits per heavy atom. The third kappa shape index (κ3) is 4.37. The van der Waals surface area contributed by atoms with Crippen LogP contribution in [0.15, 0.2) is 218 Å². The Balaban J connectivity index is 0.981.